The highest BCUT2D eigenvalue weighted by Crippen LogP contribution is 2.23. The van der Waals surface area contributed by atoms with Gasteiger partial charge < -0.3 is 0 Å². The minimum Gasteiger partial charge on any atom is -0.283 e. The molecule has 0 atom stereocenters. The summed E-state index contributed by atoms with van der Waals surface area (Å²) in [5, 5.41) is 1.53. The molecule has 1 heterocycles. The maximum Gasteiger partial charge on any atom is 0.257 e. The number of aryl methyl sites for hydroxylation is 2. The first-order chi connectivity index (χ1) is 13.2. The van der Waals surface area contributed by atoms with Crippen molar-refractivity contribution in [3.05, 3.63) is 92.4 Å². The van der Waals surface area contributed by atoms with Crippen LogP contribution >= 0.6 is 23.4 Å². The summed E-state index contributed by atoms with van der Waals surface area (Å²) < 4.78 is 1.84. The van der Waals surface area contributed by atoms with Crippen molar-refractivity contribution in [2.24, 2.45) is 0 Å². The lowest BCUT2D eigenvalue weighted by Crippen LogP contribution is -2.27. The summed E-state index contributed by atoms with van der Waals surface area (Å²) in [4.78, 5) is 17.9. The van der Waals surface area contributed by atoms with Crippen LogP contribution in [-0.2, 0) is 25.8 Å². The van der Waals surface area contributed by atoms with Crippen molar-refractivity contribution in [2.75, 3.05) is 5.75 Å². The molecule has 1 aliphatic rings. The van der Waals surface area contributed by atoms with Gasteiger partial charge in [0.25, 0.3) is 5.56 Å². The number of benzene rings is 2. The zero-order chi connectivity index (χ0) is 18.6. The lowest BCUT2D eigenvalue weighted by molar-refractivity contribution is 0.631. The van der Waals surface area contributed by atoms with E-state index < -0.39 is 0 Å². The standard InChI is InChI=1S/C22H21ClN2OS/c23-18-11-9-17(10-12-18)15-25-21(26)19-7-4-8-20(19)24-22(25)27-14-13-16-5-2-1-3-6-16/h1-3,5-6,9-12H,4,7-8,13-15H2. The maximum atomic E-state index is 13.1. The van der Waals surface area contributed by atoms with Crippen LogP contribution in [0.15, 0.2) is 64.5 Å². The van der Waals surface area contributed by atoms with E-state index in [2.05, 4.69) is 24.3 Å². The third kappa shape index (κ3) is 4.28. The second kappa shape index (κ2) is 8.32. The van der Waals surface area contributed by atoms with Crippen molar-refractivity contribution in [1.29, 1.82) is 0 Å². The number of rotatable bonds is 6. The van der Waals surface area contributed by atoms with Gasteiger partial charge in [0.05, 0.1) is 12.2 Å². The maximum absolute atomic E-state index is 13.1. The molecule has 5 heteroatoms. The summed E-state index contributed by atoms with van der Waals surface area (Å²) in [5.41, 5.74) is 4.38. The summed E-state index contributed by atoms with van der Waals surface area (Å²) in [7, 11) is 0. The van der Waals surface area contributed by atoms with Crippen molar-refractivity contribution in [3.63, 3.8) is 0 Å². The van der Waals surface area contributed by atoms with E-state index in [9.17, 15) is 4.79 Å². The van der Waals surface area contributed by atoms with Gasteiger partial charge in [-0.15, -0.1) is 0 Å². The molecular formula is C22H21ClN2OS. The highest BCUT2D eigenvalue weighted by Gasteiger charge is 2.21. The zero-order valence-corrected chi connectivity index (χ0v) is 16.6. The van der Waals surface area contributed by atoms with Gasteiger partial charge in [-0.1, -0.05) is 65.8 Å². The fourth-order valence-electron chi connectivity index (χ4n) is 3.43. The Labute approximate surface area is 168 Å². The summed E-state index contributed by atoms with van der Waals surface area (Å²) in [5.74, 6) is 0.899. The summed E-state index contributed by atoms with van der Waals surface area (Å²) in [6.07, 6.45) is 3.74. The van der Waals surface area contributed by atoms with Gasteiger partial charge in [-0.2, -0.15) is 0 Å². The Hall–Kier alpha value is -2.04. The highest BCUT2D eigenvalue weighted by molar-refractivity contribution is 7.99. The van der Waals surface area contributed by atoms with Crippen LogP contribution in [0.3, 0.4) is 0 Å². The molecule has 1 aliphatic carbocycles. The van der Waals surface area contributed by atoms with Gasteiger partial charge in [-0.25, -0.2) is 4.98 Å². The Morgan fingerprint density at radius 2 is 1.78 bits per heavy atom. The Kier molecular flexibility index (Phi) is 5.65. The molecular weight excluding hydrogens is 376 g/mol. The lowest BCUT2D eigenvalue weighted by Gasteiger charge is -2.14. The summed E-state index contributed by atoms with van der Waals surface area (Å²) in [6, 6.07) is 18.1. The van der Waals surface area contributed by atoms with Crippen LogP contribution in [0.25, 0.3) is 0 Å². The number of halogens is 1. The van der Waals surface area contributed by atoms with Crippen molar-refractivity contribution in [2.45, 2.75) is 37.4 Å². The smallest absolute Gasteiger partial charge is 0.257 e. The molecule has 0 aliphatic heterocycles. The summed E-state index contributed by atoms with van der Waals surface area (Å²) >= 11 is 7.67. The molecule has 0 spiro atoms. The van der Waals surface area contributed by atoms with Crippen LogP contribution in [0, 0.1) is 0 Å². The fraction of sp³-hybridized carbons (Fsp3) is 0.273. The number of hydrogen-bond donors (Lipinski definition) is 0. The number of aromatic nitrogens is 2. The Bertz CT molecular complexity index is 984. The summed E-state index contributed by atoms with van der Waals surface area (Å²) in [6.45, 7) is 0.532. The Balaban J connectivity index is 1.60. The molecule has 2 aromatic carbocycles. The van der Waals surface area contributed by atoms with E-state index in [-0.39, 0.29) is 5.56 Å². The normalized spacial score (nSPS) is 12.9. The van der Waals surface area contributed by atoms with Crippen LogP contribution in [0.2, 0.25) is 5.02 Å². The monoisotopic (exact) mass is 396 g/mol. The second-order valence-electron chi connectivity index (χ2n) is 6.78. The van der Waals surface area contributed by atoms with E-state index in [0.717, 1.165) is 53.4 Å². The molecule has 138 valence electrons. The highest BCUT2D eigenvalue weighted by atomic mass is 35.5. The van der Waals surface area contributed by atoms with Crippen LogP contribution in [0.4, 0.5) is 0 Å². The van der Waals surface area contributed by atoms with Crippen LogP contribution in [0.1, 0.15) is 28.8 Å². The van der Waals surface area contributed by atoms with E-state index in [1.54, 1.807) is 11.8 Å². The fourth-order valence-corrected chi connectivity index (χ4v) is 4.56. The molecule has 0 saturated heterocycles. The third-order valence-corrected chi connectivity index (χ3v) is 6.10. The number of fused-ring (bicyclic) bond motifs is 1. The van der Waals surface area contributed by atoms with Gasteiger partial charge in [0.1, 0.15) is 0 Å². The number of nitrogens with zero attached hydrogens (tertiary/aromatic N) is 2. The molecule has 0 radical (unpaired) electrons. The first-order valence-electron chi connectivity index (χ1n) is 9.24. The predicted octanol–water partition coefficient (Wildman–Crippen LogP) is 4.77. The van der Waals surface area contributed by atoms with E-state index in [1.165, 1.54) is 5.56 Å². The molecule has 27 heavy (non-hydrogen) atoms. The molecule has 4 rings (SSSR count). The van der Waals surface area contributed by atoms with Gasteiger partial charge in [-0.3, -0.25) is 9.36 Å². The van der Waals surface area contributed by atoms with Gasteiger partial charge >= 0.3 is 0 Å². The molecule has 0 N–H and O–H groups in total. The van der Waals surface area contributed by atoms with E-state index >= 15 is 0 Å². The molecule has 0 saturated carbocycles. The molecule has 0 bridgehead atoms. The largest absolute Gasteiger partial charge is 0.283 e. The topological polar surface area (TPSA) is 34.9 Å². The van der Waals surface area contributed by atoms with Crippen molar-refractivity contribution in [1.82, 2.24) is 9.55 Å². The molecule has 0 fully saturated rings. The molecule has 3 nitrogen and oxygen atoms in total. The Morgan fingerprint density at radius 3 is 2.56 bits per heavy atom. The number of thioether (sulfide) groups is 1. The van der Waals surface area contributed by atoms with E-state index in [4.69, 9.17) is 16.6 Å². The van der Waals surface area contributed by atoms with Crippen molar-refractivity contribution >= 4 is 23.4 Å². The average Bonchev–Trinajstić information content (AvgIpc) is 3.16. The predicted molar refractivity (Wildman–Crippen MR) is 112 cm³/mol. The van der Waals surface area contributed by atoms with Gasteiger partial charge in [0.2, 0.25) is 0 Å². The van der Waals surface area contributed by atoms with Gasteiger partial charge in [-0.05, 0) is 48.9 Å². The quantitative estimate of drug-likeness (QED) is 0.444. The van der Waals surface area contributed by atoms with Gasteiger partial charge in [0.15, 0.2) is 5.16 Å². The van der Waals surface area contributed by atoms with Crippen LogP contribution < -0.4 is 5.56 Å². The number of hydrogen-bond acceptors (Lipinski definition) is 3. The third-order valence-electron chi connectivity index (χ3n) is 4.87. The zero-order valence-electron chi connectivity index (χ0n) is 15.0. The minimum atomic E-state index is 0.120. The average molecular weight is 397 g/mol. The molecule has 0 amide bonds. The van der Waals surface area contributed by atoms with Crippen LogP contribution in [0.5, 0.6) is 0 Å². The Morgan fingerprint density at radius 1 is 1.00 bits per heavy atom. The minimum absolute atomic E-state index is 0.120. The van der Waals surface area contributed by atoms with Crippen LogP contribution in [-0.4, -0.2) is 15.3 Å². The van der Waals surface area contributed by atoms with Gasteiger partial charge in [0, 0.05) is 16.3 Å². The van der Waals surface area contributed by atoms with E-state index in [1.807, 2.05) is 34.9 Å². The molecule has 3 aromatic rings. The van der Waals surface area contributed by atoms with Crippen molar-refractivity contribution < 1.29 is 0 Å². The second-order valence-corrected chi connectivity index (χ2v) is 8.27. The molecule has 0 unspecified atom stereocenters. The first kappa shape index (κ1) is 18.3. The van der Waals surface area contributed by atoms with E-state index in [0.29, 0.717) is 11.6 Å². The first-order valence-corrected chi connectivity index (χ1v) is 10.6. The SMILES string of the molecule is O=c1c2c(nc(SCCc3ccccc3)n1Cc1ccc(Cl)cc1)CCC2. The van der Waals surface area contributed by atoms with Crippen molar-refractivity contribution in [3.8, 4) is 0 Å². The lowest BCUT2D eigenvalue weighted by atomic mass is 10.2. The molecule has 1 aromatic heterocycles.